The third-order valence-corrected chi connectivity index (χ3v) is 3.44. The predicted octanol–water partition coefficient (Wildman–Crippen LogP) is 4.63. The van der Waals surface area contributed by atoms with E-state index in [1.807, 2.05) is 24.3 Å². The molecule has 0 spiro atoms. The van der Waals surface area contributed by atoms with Crippen molar-refractivity contribution in [1.29, 1.82) is 0 Å². The Bertz CT molecular complexity index is 783. The lowest BCUT2D eigenvalue weighted by Gasteiger charge is -2.04. The maximum atomic E-state index is 5.91. The van der Waals surface area contributed by atoms with Crippen LogP contribution in [0, 0.1) is 0 Å². The second kappa shape index (κ2) is 6.89. The molecule has 2 aromatic carbocycles. The molecule has 118 valence electrons. The number of rotatable bonds is 5. The quantitative estimate of drug-likeness (QED) is 0.671. The van der Waals surface area contributed by atoms with Crippen molar-refractivity contribution in [3.05, 3.63) is 58.4 Å². The van der Waals surface area contributed by atoms with Gasteiger partial charge in [0.25, 0.3) is 5.89 Å². The average molecular weight is 351 g/mol. The summed E-state index contributed by atoms with van der Waals surface area (Å²) < 4.78 is 16.2. The van der Waals surface area contributed by atoms with Crippen molar-refractivity contribution in [3.8, 4) is 23.0 Å². The van der Waals surface area contributed by atoms with Gasteiger partial charge in [-0.25, -0.2) is 0 Å². The maximum Gasteiger partial charge on any atom is 0.254 e. The zero-order chi connectivity index (χ0) is 16.2. The smallest absolute Gasteiger partial charge is 0.254 e. The zero-order valence-corrected chi connectivity index (χ0v) is 13.6. The summed E-state index contributed by atoms with van der Waals surface area (Å²) in [5.74, 6) is 2.06. The highest BCUT2D eigenvalue weighted by Gasteiger charge is 2.10. The lowest BCUT2D eigenvalue weighted by molar-refractivity contribution is 0.264. The van der Waals surface area contributed by atoms with Crippen LogP contribution in [0.15, 0.2) is 46.9 Å². The minimum Gasteiger partial charge on any atom is -0.497 e. The van der Waals surface area contributed by atoms with Crippen molar-refractivity contribution in [3.63, 3.8) is 0 Å². The van der Waals surface area contributed by atoms with Gasteiger partial charge in [-0.05, 0) is 42.5 Å². The molecule has 0 saturated carbocycles. The Morgan fingerprint density at radius 3 is 2.30 bits per heavy atom. The van der Waals surface area contributed by atoms with Gasteiger partial charge in [-0.1, -0.05) is 23.2 Å². The van der Waals surface area contributed by atoms with Crippen LogP contribution in [0.4, 0.5) is 0 Å². The van der Waals surface area contributed by atoms with Crippen LogP contribution in [0.5, 0.6) is 11.5 Å². The molecule has 0 atom stereocenters. The first-order chi connectivity index (χ1) is 11.1. The molecular formula is C16H12Cl2N2O3. The highest BCUT2D eigenvalue weighted by molar-refractivity contribution is 6.34. The standard InChI is InChI=1S/C16H12Cl2N2O3/c1-21-13-4-2-10(3-5-13)16-20-19-15(23-16)9-22-14-7-11(17)6-12(18)8-14/h2-8H,9H2,1H3. The molecule has 1 aromatic heterocycles. The number of hydrogen-bond donors (Lipinski definition) is 0. The first-order valence-electron chi connectivity index (χ1n) is 6.70. The van der Waals surface area contributed by atoms with Crippen LogP contribution in [-0.4, -0.2) is 17.3 Å². The summed E-state index contributed by atoms with van der Waals surface area (Å²) in [7, 11) is 1.61. The molecule has 7 heteroatoms. The van der Waals surface area contributed by atoms with Gasteiger partial charge in [-0.2, -0.15) is 0 Å². The summed E-state index contributed by atoms with van der Waals surface area (Å²) in [6, 6.07) is 12.3. The molecule has 0 aliphatic rings. The molecule has 0 fully saturated rings. The van der Waals surface area contributed by atoms with E-state index in [1.54, 1.807) is 25.3 Å². The predicted molar refractivity (Wildman–Crippen MR) is 87.1 cm³/mol. The van der Waals surface area contributed by atoms with Crippen LogP contribution in [0.3, 0.4) is 0 Å². The van der Waals surface area contributed by atoms with Crippen molar-refractivity contribution < 1.29 is 13.9 Å². The van der Waals surface area contributed by atoms with Gasteiger partial charge >= 0.3 is 0 Å². The Morgan fingerprint density at radius 1 is 0.957 bits per heavy atom. The second-order valence-corrected chi connectivity index (χ2v) is 5.50. The van der Waals surface area contributed by atoms with Crippen molar-refractivity contribution in [2.75, 3.05) is 7.11 Å². The van der Waals surface area contributed by atoms with E-state index in [0.29, 0.717) is 27.6 Å². The Morgan fingerprint density at radius 2 is 1.65 bits per heavy atom. The fourth-order valence-corrected chi connectivity index (χ4v) is 2.43. The number of halogens is 2. The third-order valence-electron chi connectivity index (χ3n) is 3.00. The van der Waals surface area contributed by atoms with E-state index in [1.165, 1.54) is 0 Å². The molecule has 0 saturated heterocycles. The van der Waals surface area contributed by atoms with E-state index in [2.05, 4.69) is 10.2 Å². The molecule has 0 radical (unpaired) electrons. The Hall–Kier alpha value is -2.24. The number of benzene rings is 2. The molecule has 0 N–H and O–H groups in total. The van der Waals surface area contributed by atoms with E-state index in [-0.39, 0.29) is 6.61 Å². The van der Waals surface area contributed by atoms with Crippen LogP contribution < -0.4 is 9.47 Å². The lowest BCUT2D eigenvalue weighted by atomic mass is 10.2. The second-order valence-electron chi connectivity index (χ2n) is 4.62. The average Bonchev–Trinajstić information content (AvgIpc) is 3.01. The van der Waals surface area contributed by atoms with E-state index in [4.69, 9.17) is 37.1 Å². The van der Waals surface area contributed by atoms with Gasteiger partial charge in [-0.3, -0.25) is 0 Å². The van der Waals surface area contributed by atoms with Crippen LogP contribution in [-0.2, 0) is 6.61 Å². The van der Waals surface area contributed by atoms with Crippen LogP contribution in [0.1, 0.15) is 5.89 Å². The molecular weight excluding hydrogens is 339 g/mol. The van der Waals surface area contributed by atoms with Crippen molar-refractivity contribution in [1.82, 2.24) is 10.2 Å². The fourth-order valence-electron chi connectivity index (χ4n) is 1.92. The van der Waals surface area contributed by atoms with Crippen LogP contribution in [0.25, 0.3) is 11.5 Å². The van der Waals surface area contributed by atoms with E-state index < -0.39 is 0 Å². The highest BCUT2D eigenvalue weighted by atomic mass is 35.5. The molecule has 0 amide bonds. The van der Waals surface area contributed by atoms with E-state index in [9.17, 15) is 0 Å². The summed E-state index contributed by atoms with van der Waals surface area (Å²) in [5.41, 5.74) is 0.801. The van der Waals surface area contributed by atoms with E-state index >= 15 is 0 Å². The Kier molecular flexibility index (Phi) is 4.69. The summed E-state index contributed by atoms with van der Waals surface area (Å²) in [4.78, 5) is 0. The normalized spacial score (nSPS) is 10.6. The largest absolute Gasteiger partial charge is 0.497 e. The molecule has 0 aliphatic heterocycles. The van der Waals surface area contributed by atoms with Gasteiger partial charge in [-0.15, -0.1) is 10.2 Å². The molecule has 3 aromatic rings. The van der Waals surface area contributed by atoms with Crippen molar-refractivity contribution in [2.45, 2.75) is 6.61 Å². The van der Waals surface area contributed by atoms with Crippen LogP contribution >= 0.6 is 23.2 Å². The van der Waals surface area contributed by atoms with Gasteiger partial charge in [0.2, 0.25) is 5.89 Å². The number of ether oxygens (including phenoxy) is 2. The third kappa shape index (κ3) is 3.94. The molecule has 23 heavy (non-hydrogen) atoms. The monoisotopic (exact) mass is 350 g/mol. The first kappa shape index (κ1) is 15.6. The highest BCUT2D eigenvalue weighted by Crippen LogP contribution is 2.25. The summed E-state index contributed by atoms with van der Waals surface area (Å²) in [6.07, 6.45) is 0. The molecule has 0 unspecified atom stereocenters. The van der Waals surface area contributed by atoms with Gasteiger partial charge < -0.3 is 13.9 Å². The fraction of sp³-hybridized carbons (Fsp3) is 0.125. The molecule has 0 bridgehead atoms. The Labute approximate surface area is 142 Å². The Balaban J connectivity index is 1.69. The van der Waals surface area contributed by atoms with Gasteiger partial charge in [0.1, 0.15) is 11.5 Å². The summed E-state index contributed by atoms with van der Waals surface area (Å²) in [6.45, 7) is 0.125. The number of methoxy groups -OCH3 is 1. The minimum absolute atomic E-state index is 0.125. The van der Waals surface area contributed by atoms with Crippen molar-refractivity contribution >= 4 is 23.2 Å². The van der Waals surface area contributed by atoms with Crippen molar-refractivity contribution in [2.24, 2.45) is 0 Å². The van der Waals surface area contributed by atoms with Gasteiger partial charge in [0, 0.05) is 15.6 Å². The topological polar surface area (TPSA) is 57.4 Å². The number of aromatic nitrogens is 2. The summed E-state index contributed by atoms with van der Waals surface area (Å²) in [5, 5.41) is 8.95. The van der Waals surface area contributed by atoms with Crippen LogP contribution in [0.2, 0.25) is 10.0 Å². The van der Waals surface area contributed by atoms with E-state index in [0.717, 1.165) is 11.3 Å². The van der Waals surface area contributed by atoms with Gasteiger partial charge in [0.15, 0.2) is 6.61 Å². The number of nitrogens with zero attached hydrogens (tertiary/aromatic N) is 2. The van der Waals surface area contributed by atoms with Gasteiger partial charge in [0.05, 0.1) is 7.11 Å². The number of hydrogen-bond acceptors (Lipinski definition) is 5. The molecule has 0 aliphatic carbocycles. The summed E-state index contributed by atoms with van der Waals surface area (Å²) >= 11 is 11.8. The zero-order valence-electron chi connectivity index (χ0n) is 12.1. The molecule has 1 heterocycles. The minimum atomic E-state index is 0.125. The molecule has 3 rings (SSSR count). The maximum absolute atomic E-state index is 5.91. The molecule has 5 nitrogen and oxygen atoms in total. The first-order valence-corrected chi connectivity index (χ1v) is 7.45. The lowest BCUT2D eigenvalue weighted by Crippen LogP contribution is -1.95. The SMILES string of the molecule is COc1ccc(-c2nnc(COc3cc(Cl)cc(Cl)c3)o2)cc1.